The molecule has 9 heteroatoms. The number of nitrogens with zero attached hydrogens (tertiary/aromatic N) is 3. The summed E-state index contributed by atoms with van der Waals surface area (Å²) >= 11 is 0. The Morgan fingerprint density at radius 3 is 2.71 bits per heavy atom. The fourth-order valence-electron chi connectivity index (χ4n) is 2.86. The molecule has 142 valence electrons. The lowest BCUT2D eigenvalue weighted by atomic mass is 9.90. The number of halogens is 2. The highest BCUT2D eigenvalue weighted by atomic mass is 19.1. The zero-order valence-corrected chi connectivity index (χ0v) is 15.0. The van der Waals surface area contributed by atoms with Crippen LogP contribution in [-0.4, -0.2) is 16.9 Å². The average Bonchev–Trinajstić information content (AvgIpc) is 2.61. The molecular formula is C19H15F2N5O2. The van der Waals surface area contributed by atoms with Crippen molar-refractivity contribution in [3.63, 3.8) is 0 Å². The summed E-state index contributed by atoms with van der Waals surface area (Å²) < 4.78 is 33.6. The third-order valence-corrected chi connectivity index (χ3v) is 4.05. The van der Waals surface area contributed by atoms with Crippen LogP contribution in [-0.2, 0) is 10.3 Å². The molecule has 0 fully saturated rings. The van der Waals surface area contributed by atoms with Crippen LogP contribution in [0.4, 0.5) is 14.5 Å². The van der Waals surface area contributed by atoms with Crippen molar-refractivity contribution in [2.24, 2.45) is 10.7 Å². The van der Waals surface area contributed by atoms with Crippen LogP contribution in [0.2, 0.25) is 0 Å². The Labute approximate surface area is 159 Å². The molecule has 0 unspecified atom stereocenters. The molecule has 7 nitrogen and oxygen atoms in total. The standard InChI is InChI=1S/C19H15F2N5O2/c1-10-7-19(2,26-18(23)28-10)13-6-12(3-4-14(13)20)25-17(27)16-15(21)5-11(8-22)9-24-16/h3-7,9H,1-2H3,(H2,23,26)(H,25,27)/t19-/m0/s1. The summed E-state index contributed by atoms with van der Waals surface area (Å²) in [6.07, 6.45) is 2.68. The Hall–Kier alpha value is -3.80. The number of rotatable bonds is 3. The van der Waals surface area contributed by atoms with E-state index >= 15 is 0 Å². The Balaban J connectivity index is 1.93. The van der Waals surface area contributed by atoms with Crippen LogP contribution in [0, 0.1) is 23.0 Å². The van der Waals surface area contributed by atoms with Crippen LogP contribution in [0.25, 0.3) is 0 Å². The van der Waals surface area contributed by atoms with E-state index < -0.39 is 28.8 Å². The molecule has 1 aliphatic rings. The number of hydrogen-bond donors (Lipinski definition) is 2. The van der Waals surface area contributed by atoms with Crippen LogP contribution >= 0.6 is 0 Å². The number of amidine groups is 1. The summed E-state index contributed by atoms with van der Waals surface area (Å²) in [4.78, 5) is 20.1. The molecule has 2 aromatic rings. The highest BCUT2D eigenvalue weighted by Crippen LogP contribution is 2.34. The summed E-state index contributed by atoms with van der Waals surface area (Å²) in [7, 11) is 0. The van der Waals surface area contributed by atoms with Crippen LogP contribution in [0.3, 0.4) is 0 Å². The van der Waals surface area contributed by atoms with Gasteiger partial charge in [0, 0.05) is 17.4 Å². The number of ether oxygens (including phenoxy) is 1. The quantitative estimate of drug-likeness (QED) is 0.846. The predicted molar refractivity (Wildman–Crippen MR) is 97.1 cm³/mol. The minimum Gasteiger partial charge on any atom is -0.431 e. The molecule has 1 aliphatic heterocycles. The second-order valence-electron chi connectivity index (χ2n) is 6.27. The fraction of sp³-hybridized carbons (Fsp3) is 0.158. The minimum absolute atomic E-state index is 0.0110. The van der Waals surface area contributed by atoms with Gasteiger partial charge in [0.1, 0.15) is 23.2 Å². The summed E-state index contributed by atoms with van der Waals surface area (Å²) in [6, 6.07) is 6.38. The number of carbonyl (C=O) groups is 1. The number of pyridine rings is 1. The van der Waals surface area contributed by atoms with Gasteiger partial charge in [-0.1, -0.05) is 0 Å². The number of benzene rings is 1. The van der Waals surface area contributed by atoms with E-state index in [0.29, 0.717) is 5.76 Å². The van der Waals surface area contributed by atoms with Crippen LogP contribution < -0.4 is 11.1 Å². The first-order valence-corrected chi connectivity index (χ1v) is 8.11. The highest BCUT2D eigenvalue weighted by molar-refractivity contribution is 6.03. The Morgan fingerprint density at radius 2 is 2.07 bits per heavy atom. The second-order valence-corrected chi connectivity index (χ2v) is 6.27. The predicted octanol–water partition coefficient (Wildman–Crippen LogP) is 2.95. The zero-order valence-electron chi connectivity index (χ0n) is 15.0. The number of amides is 1. The molecule has 0 saturated carbocycles. The molecule has 1 aromatic heterocycles. The number of nitrogens with two attached hydrogens (primary N) is 1. The van der Waals surface area contributed by atoms with E-state index in [9.17, 15) is 13.6 Å². The van der Waals surface area contributed by atoms with Crippen molar-refractivity contribution < 1.29 is 18.3 Å². The molecule has 1 amide bonds. The monoisotopic (exact) mass is 383 g/mol. The first-order chi connectivity index (χ1) is 13.2. The molecule has 28 heavy (non-hydrogen) atoms. The van der Waals surface area contributed by atoms with E-state index in [4.69, 9.17) is 15.7 Å². The number of aromatic nitrogens is 1. The Morgan fingerprint density at radius 1 is 1.32 bits per heavy atom. The lowest BCUT2D eigenvalue weighted by molar-refractivity contribution is 0.101. The Bertz CT molecular complexity index is 1050. The lowest BCUT2D eigenvalue weighted by Crippen LogP contribution is -2.30. The highest BCUT2D eigenvalue weighted by Gasteiger charge is 2.31. The van der Waals surface area contributed by atoms with E-state index in [0.717, 1.165) is 18.3 Å². The third kappa shape index (κ3) is 3.66. The molecule has 1 aromatic carbocycles. The normalized spacial score (nSPS) is 18.4. The van der Waals surface area contributed by atoms with Crippen molar-refractivity contribution in [2.45, 2.75) is 19.4 Å². The van der Waals surface area contributed by atoms with E-state index in [1.165, 1.54) is 12.1 Å². The summed E-state index contributed by atoms with van der Waals surface area (Å²) in [5, 5.41) is 11.2. The van der Waals surface area contributed by atoms with Crippen molar-refractivity contribution in [1.82, 2.24) is 4.98 Å². The number of aliphatic imine (C=N–C) groups is 1. The van der Waals surface area contributed by atoms with Gasteiger partial charge in [0.2, 0.25) is 0 Å². The number of hydrogen-bond acceptors (Lipinski definition) is 6. The van der Waals surface area contributed by atoms with Crippen molar-refractivity contribution in [3.05, 3.63) is 70.8 Å². The SMILES string of the molecule is CC1=C[C@@](C)(c2cc(NC(=O)c3ncc(C#N)cc3F)ccc2F)N=C(N)O1. The zero-order chi connectivity index (χ0) is 20.5. The van der Waals surface area contributed by atoms with Crippen molar-refractivity contribution in [2.75, 3.05) is 5.32 Å². The molecule has 2 heterocycles. The molecule has 0 bridgehead atoms. The summed E-state index contributed by atoms with van der Waals surface area (Å²) in [5.74, 6) is -1.89. The fourth-order valence-corrected chi connectivity index (χ4v) is 2.86. The van der Waals surface area contributed by atoms with Crippen LogP contribution in [0.15, 0.2) is 47.3 Å². The van der Waals surface area contributed by atoms with Gasteiger partial charge in [0.15, 0.2) is 11.5 Å². The number of nitrogens with one attached hydrogen (secondary N) is 1. The second kappa shape index (κ2) is 7.08. The van der Waals surface area contributed by atoms with Gasteiger partial charge in [-0.15, -0.1) is 0 Å². The molecule has 0 spiro atoms. The molecule has 3 rings (SSSR count). The van der Waals surface area contributed by atoms with Crippen LogP contribution in [0.5, 0.6) is 0 Å². The van der Waals surface area contributed by atoms with Gasteiger partial charge in [-0.25, -0.2) is 18.8 Å². The number of carbonyl (C=O) groups excluding carboxylic acids is 1. The smallest absolute Gasteiger partial charge is 0.288 e. The van der Waals surface area contributed by atoms with Gasteiger partial charge in [-0.05, 0) is 44.2 Å². The van der Waals surface area contributed by atoms with Gasteiger partial charge in [0.25, 0.3) is 11.9 Å². The Kier molecular flexibility index (Phi) is 4.79. The van der Waals surface area contributed by atoms with Crippen molar-refractivity contribution in [1.29, 1.82) is 5.26 Å². The van der Waals surface area contributed by atoms with Crippen molar-refractivity contribution >= 4 is 17.6 Å². The largest absolute Gasteiger partial charge is 0.431 e. The number of anilines is 1. The molecule has 0 radical (unpaired) electrons. The molecule has 1 atom stereocenters. The van der Waals surface area contributed by atoms with Gasteiger partial charge >= 0.3 is 0 Å². The van der Waals surface area contributed by atoms with Crippen LogP contribution in [0.1, 0.15) is 35.5 Å². The van der Waals surface area contributed by atoms with Crippen molar-refractivity contribution in [3.8, 4) is 6.07 Å². The molecule has 0 aliphatic carbocycles. The maximum Gasteiger partial charge on any atom is 0.288 e. The molecule has 0 saturated heterocycles. The maximum absolute atomic E-state index is 14.5. The maximum atomic E-state index is 14.5. The van der Waals surface area contributed by atoms with Gasteiger partial charge in [-0.2, -0.15) is 5.26 Å². The van der Waals surface area contributed by atoms with Gasteiger partial charge in [0.05, 0.1) is 5.56 Å². The van der Waals surface area contributed by atoms with Gasteiger partial charge < -0.3 is 15.8 Å². The third-order valence-electron chi connectivity index (χ3n) is 4.05. The van der Waals surface area contributed by atoms with E-state index in [2.05, 4.69) is 15.3 Å². The lowest BCUT2D eigenvalue weighted by Gasteiger charge is -2.27. The van der Waals surface area contributed by atoms with Gasteiger partial charge in [-0.3, -0.25) is 4.79 Å². The number of allylic oxidation sites excluding steroid dienone is 1. The van der Waals surface area contributed by atoms with E-state index in [1.807, 2.05) is 0 Å². The average molecular weight is 383 g/mol. The summed E-state index contributed by atoms with van der Waals surface area (Å²) in [6.45, 7) is 3.29. The first-order valence-electron chi connectivity index (χ1n) is 8.11. The summed E-state index contributed by atoms with van der Waals surface area (Å²) in [5.41, 5.74) is 4.36. The topological polar surface area (TPSA) is 113 Å². The minimum atomic E-state index is -1.14. The number of nitriles is 1. The molecule has 3 N–H and O–H groups in total. The van der Waals surface area contributed by atoms with E-state index in [1.54, 1.807) is 26.0 Å². The van der Waals surface area contributed by atoms with E-state index in [-0.39, 0.29) is 22.8 Å². The molecular weight excluding hydrogens is 368 g/mol. The first kappa shape index (κ1) is 19.0.